The van der Waals surface area contributed by atoms with Crippen LogP contribution < -0.4 is 9.41 Å². The van der Waals surface area contributed by atoms with Crippen molar-refractivity contribution < 1.29 is 26.5 Å². The van der Waals surface area contributed by atoms with Crippen LogP contribution in [0, 0.1) is 0 Å². The van der Waals surface area contributed by atoms with Gasteiger partial charge in [0.1, 0.15) is 0 Å². The number of rotatable bonds is 0. The van der Waals surface area contributed by atoms with Crippen LogP contribution in [0.15, 0.2) is 48.5 Å². The quantitative estimate of drug-likeness (QED) is 0.315. The van der Waals surface area contributed by atoms with Crippen molar-refractivity contribution in [3.8, 4) is 0 Å². The molecule has 5 heterocycles. The van der Waals surface area contributed by atoms with Gasteiger partial charge in [0.15, 0.2) is 0 Å². The summed E-state index contributed by atoms with van der Waals surface area (Å²) in [6.07, 6.45) is 8.05. The summed E-state index contributed by atoms with van der Waals surface area (Å²) in [5, 5.41) is 0. The molecule has 135 valence electrons. The van der Waals surface area contributed by atoms with Crippen molar-refractivity contribution in [1.82, 2.24) is 19.9 Å². The number of hydrogen-bond donors (Lipinski definition) is 2. The van der Waals surface area contributed by atoms with Crippen molar-refractivity contribution in [2.45, 2.75) is 0 Å². The third-order valence-corrected chi connectivity index (χ3v) is 4.04. The number of hydrogen-bond acceptors (Lipinski definition) is 2. The number of fused-ring (bicyclic) bond motifs is 8. The smallest absolute Gasteiger partial charge is 1.00 e. The Balaban J connectivity index is 0.000000871. The number of nitrogens with zero attached hydrogens (tertiary/aromatic N) is 2. The van der Waals surface area contributed by atoms with E-state index in [-0.39, 0.29) is 26.5 Å². The predicted octanol–water partition coefficient (Wildman–Crippen LogP) is -1.34. The van der Waals surface area contributed by atoms with Gasteiger partial charge in [0.2, 0.25) is 0 Å². The maximum absolute atomic E-state index is 4.62. The summed E-state index contributed by atoms with van der Waals surface area (Å²) in [7, 11) is 0. The Labute approximate surface area is 164 Å². The van der Waals surface area contributed by atoms with Crippen molar-refractivity contribution in [3.05, 3.63) is 71.3 Å². The molecule has 0 atom stereocenters. The van der Waals surface area contributed by atoms with Gasteiger partial charge in [-0.3, -0.25) is 0 Å². The first-order chi connectivity index (χ1) is 11.8. The Hall–Kier alpha value is -3.02. The molecule has 8 bridgehead atoms. The van der Waals surface area contributed by atoms with Crippen molar-refractivity contribution >= 4 is 46.4 Å². The van der Waals surface area contributed by atoms with Gasteiger partial charge in [-0.25, -0.2) is 9.97 Å². The number of aromatic amines is 2. The molecule has 0 aliphatic carbocycles. The summed E-state index contributed by atoms with van der Waals surface area (Å²) < 4.78 is 0. The van der Waals surface area contributed by atoms with Gasteiger partial charge in [-0.05, 0) is 72.8 Å². The van der Waals surface area contributed by atoms with E-state index < -0.39 is 0 Å². The molecule has 0 unspecified atom stereocenters. The second-order valence-electron chi connectivity index (χ2n) is 5.91. The normalized spacial score (nSPS) is 11.3. The van der Waals surface area contributed by atoms with Crippen LogP contribution in [0.2, 0.25) is 0 Å². The summed E-state index contributed by atoms with van der Waals surface area (Å²) in [5.41, 5.74) is 7.86. The maximum atomic E-state index is 4.62. The van der Waals surface area contributed by atoms with E-state index in [1.807, 2.05) is 42.5 Å². The van der Waals surface area contributed by atoms with E-state index in [1.165, 1.54) is 0 Å². The minimum absolute atomic E-state index is 0. The van der Waals surface area contributed by atoms with Crippen LogP contribution in [0.5, 0.6) is 0 Å². The Morgan fingerprint density at radius 2 is 0.815 bits per heavy atom. The molecule has 5 rings (SSSR count). The van der Waals surface area contributed by atoms with Gasteiger partial charge in [-0.2, -0.15) is 0 Å². The Kier molecular flexibility index (Phi) is 6.10. The third kappa shape index (κ3) is 4.22. The van der Waals surface area contributed by atoms with E-state index in [0.29, 0.717) is 0 Å². The van der Waals surface area contributed by atoms with Crippen LogP contribution in [-0.2, 0) is 17.1 Å². The first kappa shape index (κ1) is 20.3. The molecule has 0 aromatic carbocycles. The summed E-state index contributed by atoms with van der Waals surface area (Å²) in [4.78, 5) is 16.0. The van der Waals surface area contributed by atoms with Gasteiger partial charge in [0.25, 0.3) is 0 Å². The molecule has 3 aromatic rings. The molecule has 2 N–H and O–H groups in total. The maximum Gasteiger partial charge on any atom is 2.00 e. The molecular formula is C20H14F2MnN4. The van der Waals surface area contributed by atoms with Crippen LogP contribution in [0.3, 0.4) is 0 Å². The molecule has 2 aliphatic heterocycles. The van der Waals surface area contributed by atoms with Crippen LogP contribution in [0.25, 0.3) is 46.4 Å². The van der Waals surface area contributed by atoms with Gasteiger partial charge in [0.05, 0.1) is 22.8 Å². The molecule has 2 aliphatic rings. The van der Waals surface area contributed by atoms with Crippen molar-refractivity contribution in [2.24, 2.45) is 0 Å². The molecule has 27 heavy (non-hydrogen) atoms. The first-order valence-electron chi connectivity index (χ1n) is 7.85. The third-order valence-electron chi connectivity index (χ3n) is 4.04. The molecule has 0 saturated carbocycles. The standard InChI is InChI=1S/C20H14N4.2FH.Mn/c1-2-14-10-16-5-6-18(23-16)12-20-8-7-19(24-20)11-17-4-3-15(22-17)9-13(1)21-14;;;/h1-12,21-22H;2*1H;/q;;;+2/p-2. The summed E-state index contributed by atoms with van der Waals surface area (Å²) >= 11 is 0. The Morgan fingerprint density at radius 3 is 1.22 bits per heavy atom. The zero-order valence-corrected chi connectivity index (χ0v) is 15.1. The molecule has 1 radical (unpaired) electrons. The second-order valence-corrected chi connectivity index (χ2v) is 5.91. The number of halogens is 2. The van der Waals surface area contributed by atoms with E-state index in [4.69, 9.17) is 0 Å². The van der Waals surface area contributed by atoms with E-state index in [1.54, 1.807) is 0 Å². The molecule has 3 aromatic heterocycles. The van der Waals surface area contributed by atoms with E-state index in [2.05, 4.69) is 50.3 Å². The molecule has 0 fully saturated rings. The second kappa shape index (κ2) is 8.12. The average Bonchev–Trinajstić information content (AvgIpc) is 3.32. The number of H-pyrrole nitrogens is 2. The minimum atomic E-state index is 0. The molecule has 7 heteroatoms. The molecule has 0 spiro atoms. The summed E-state index contributed by atoms with van der Waals surface area (Å²) in [6.45, 7) is 0. The fourth-order valence-corrected chi connectivity index (χ4v) is 2.94. The summed E-state index contributed by atoms with van der Waals surface area (Å²) in [6, 6.07) is 16.4. The fourth-order valence-electron chi connectivity index (χ4n) is 2.94. The van der Waals surface area contributed by atoms with E-state index >= 15 is 0 Å². The zero-order chi connectivity index (χ0) is 15.9. The van der Waals surface area contributed by atoms with Gasteiger partial charge in [-0.1, -0.05) is 0 Å². The van der Waals surface area contributed by atoms with Gasteiger partial charge in [0, 0.05) is 22.1 Å². The summed E-state index contributed by atoms with van der Waals surface area (Å²) in [5.74, 6) is 0. The average molecular weight is 403 g/mol. The Bertz CT molecular complexity index is 1090. The van der Waals surface area contributed by atoms with Crippen LogP contribution >= 0.6 is 0 Å². The topological polar surface area (TPSA) is 57.4 Å². The van der Waals surface area contributed by atoms with Gasteiger partial charge < -0.3 is 19.4 Å². The van der Waals surface area contributed by atoms with Crippen LogP contribution in [0.1, 0.15) is 22.8 Å². The minimum Gasteiger partial charge on any atom is -1.00 e. The van der Waals surface area contributed by atoms with Crippen molar-refractivity contribution in [3.63, 3.8) is 0 Å². The van der Waals surface area contributed by atoms with Gasteiger partial charge >= 0.3 is 17.1 Å². The van der Waals surface area contributed by atoms with Crippen molar-refractivity contribution in [2.75, 3.05) is 0 Å². The molecular weight excluding hydrogens is 389 g/mol. The van der Waals surface area contributed by atoms with E-state index in [0.717, 1.165) is 44.8 Å². The molecule has 0 saturated heterocycles. The zero-order valence-electron chi connectivity index (χ0n) is 14.0. The Morgan fingerprint density at radius 1 is 0.481 bits per heavy atom. The van der Waals surface area contributed by atoms with Crippen LogP contribution in [-0.4, -0.2) is 19.9 Å². The molecule has 0 amide bonds. The first-order valence-corrected chi connectivity index (χ1v) is 7.85. The van der Waals surface area contributed by atoms with Crippen molar-refractivity contribution in [1.29, 1.82) is 0 Å². The number of nitrogens with one attached hydrogen (secondary N) is 2. The number of aromatic nitrogens is 4. The van der Waals surface area contributed by atoms with Crippen LogP contribution in [0.4, 0.5) is 0 Å². The van der Waals surface area contributed by atoms with Gasteiger partial charge in [-0.15, -0.1) is 0 Å². The van der Waals surface area contributed by atoms with E-state index in [9.17, 15) is 0 Å². The molecule has 4 nitrogen and oxygen atoms in total. The SMILES string of the molecule is C1=Cc2cc3ccc(cc4ccc(cc5nc(cc1n2)C=C5)[nH]4)[nH]3.[F-].[F-].[Mn+2]. The fraction of sp³-hybridized carbons (Fsp3) is 0. The largest absolute Gasteiger partial charge is 2.00 e. The predicted molar refractivity (Wildman–Crippen MR) is 98.9 cm³/mol. The monoisotopic (exact) mass is 403 g/mol.